The second-order valence-corrected chi connectivity index (χ2v) is 7.06. The third-order valence-corrected chi connectivity index (χ3v) is 3.68. The van der Waals surface area contributed by atoms with E-state index >= 15 is 0 Å². The van der Waals surface area contributed by atoms with E-state index in [2.05, 4.69) is 9.43 Å². The lowest BCUT2D eigenvalue weighted by molar-refractivity contribution is 0.0696. The molecule has 0 saturated heterocycles. The molecule has 0 bridgehead atoms. The summed E-state index contributed by atoms with van der Waals surface area (Å²) in [6, 6.07) is 3.79. The first kappa shape index (κ1) is 16.0. The highest BCUT2D eigenvalue weighted by Gasteiger charge is 2.22. The van der Waals surface area contributed by atoms with Crippen molar-refractivity contribution < 1.29 is 18.3 Å². The molecule has 0 spiro atoms. The summed E-state index contributed by atoms with van der Waals surface area (Å²) in [5.74, 6) is -1.25. The van der Waals surface area contributed by atoms with E-state index in [9.17, 15) is 13.2 Å². The molecule has 0 fully saturated rings. The van der Waals surface area contributed by atoms with E-state index < -0.39 is 16.0 Å². The molecule has 0 unspecified atom stereocenters. The molecule has 1 rings (SSSR count). The Labute approximate surface area is 116 Å². The number of carboxylic acids is 1. The van der Waals surface area contributed by atoms with Gasteiger partial charge in [0, 0.05) is 9.43 Å². The summed E-state index contributed by atoms with van der Waals surface area (Å²) in [5.41, 5.74) is 8.38. The van der Waals surface area contributed by atoms with Gasteiger partial charge in [-0.1, -0.05) is 26.8 Å². The summed E-state index contributed by atoms with van der Waals surface area (Å²) in [7, 11) is -4.22. The maximum atomic E-state index is 11.9. The van der Waals surface area contributed by atoms with Crippen LogP contribution < -0.4 is 0 Å². The van der Waals surface area contributed by atoms with Gasteiger partial charge in [-0.25, -0.2) is 13.2 Å². The van der Waals surface area contributed by atoms with Crippen LogP contribution in [0, 0.1) is 5.41 Å². The highest BCUT2D eigenvalue weighted by Crippen LogP contribution is 2.27. The molecule has 1 aromatic carbocycles. The number of rotatable bonds is 4. The first-order valence-corrected chi connectivity index (χ1v) is 7.18. The number of azide groups is 1. The fourth-order valence-corrected chi connectivity index (χ4v) is 2.67. The minimum Gasteiger partial charge on any atom is -0.478 e. The first-order chi connectivity index (χ1) is 9.07. The van der Waals surface area contributed by atoms with E-state index in [1.807, 2.05) is 20.8 Å². The average Bonchev–Trinajstić information content (AvgIpc) is 2.26. The van der Waals surface area contributed by atoms with Gasteiger partial charge in [-0.2, -0.15) is 0 Å². The number of sulfonamides is 1. The van der Waals surface area contributed by atoms with Crippen LogP contribution in [0.25, 0.3) is 10.4 Å². The first-order valence-electron chi connectivity index (χ1n) is 5.74. The van der Waals surface area contributed by atoms with Crippen LogP contribution in [0.2, 0.25) is 0 Å². The summed E-state index contributed by atoms with van der Waals surface area (Å²) in [6.45, 7) is 5.76. The third kappa shape index (κ3) is 3.97. The monoisotopic (exact) mass is 297 g/mol. The molecule has 0 heterocycles. The number of hydrogen-bond donors (Lipinski definition) is 1. The molecule has 8 heteroatoms. The highest BCUT2D eigenvalue weighted by atomic mass is 32.2. The number of nitrogens with zero attached hydrogens (tertiary/aromatic N) is 3. The Morgan fingerprint density at radius 3 is 2.45 bits per heavy atom. The number of carbonyl (C=O) groups is 1. The molecule has 0 aliphatic heterocycles. The van der Waals surface area contributed by atoms with Gasteiger partial charge in [0.1, 0.15) is 0 Å². The van der Waals surface area contributed by atoms with E-state index in [0.717, 1.165) is 6.07 Å². The predicted octanol–water partition coefficient (Wildman–Crippen LogP) is 2.97. The topological polar surface area (TPSA) is 120 Å². The number of benzene rings is 1. The lowest BCUT2D eigenvalue weighted by Gasteiger charge is -2.20. The van der Waals surface area contributed by atoms with Crippen LogP contribution in [-0.4, -0.2) is 19.5 Å². The standard InChI is InChI=1S/C12H15N3O4S/c1-12(2,3)7-9-5-4-8(11(16)17)6-10(9)20(18,19)15-14-13/h4-6H,7H2,1-3H3,(H,16,17). The van der Waals surface area contributed by atoms with Crippen LogP contribution in [0.15, 0.2) is 27.6 Å². The molecule has 1 N–H and O–H groups in total. The van der Waals surface area contributed by atoms with Gasteiger partial charge in [0.25, 0.3) is 10.0 Å². The molecule has 7 nitrogen and oxygen atoms in total. The molecule has 1 aromatic rings. The molecule has 0 aromatic heterocycles. The van der Waals surface area contributed by atoms with Gasteiger partial charge in [-0.05, 0) is 35.1 Å². The van der Waals surface area contributed by atoms with Crippen molar-refractivity contribution in [3.05, 3.63) is 39.8 Å². The Morgan fingerprint density at radius 1 is 1.40 bits per heavy atom. The minimum absolute atomic E-state index is 0.172. The molecule has 0 aliphatic carbocycles. The average molecular weight is 297 g/mol. The van der Waals surface area contributed by atoms with Gasteiger partial charge in [0.15, 0.2) is 0 Å². The van der Waals surface area contributed by atoms with Gasteiger partial charge in [-0.15, -0.1) is 0 Å². The summed E-state index contributed by atoms with van der Waals surface area (Å²) < 4.78 is 26.6. The Morgan fingerprint density at radius 2 is 2.00 bits per heavy atom. The van der Waals surface area contributed by atoms with Crippen molar-refractivity contribution in [1.82, 2.24) is 0 Å². The van der Waals surface area contributed by atoms with Gasteiger partial charge < -0.3 is 5.11 Å². The van der Waals surface area contributed by atoms with Crippen LogP contribution in [-0.2, 0) is 16.4 Å². The summed E-state index contributed by atoms with van der Waals surface area (Å²) >= 11 is 0. The Bertz CT molecular complexity index is 683. The van der Waals surface area contributed by atoms with Crippen molar-refractivity contribution in [2.75, 3.05) is 0 Å². The van der Waals surface area contributed by atoms with Crippen molar-refractivity contribution in [2.45, 2.75) is 32.1 Å². The zero-order valence-corrected chi connectivity index (χ0v) is 12.2. The maximum Gasteiger partial charge on any atom is 0.335 e. The Balaban J connectivity index is 3.54. The quantitative estimate of drug-likeness (QED) is 0.521. The Kier molecular flexibility index (Phi) is 4.42. The van der Waals surface area contributed by atoms with Crippen LogP contribution in [0.1, 0.15) is 36.7 Å². The van der Waals surface area contributed by atoms with Crippen LogP contribution in [0.3, 0.4) is 0 Å². The van der Waals surface area contributed by atoms with Gasteiger partial charge in [0.2, 0.25) is 0 Å². The van der Waals surface area contributed by atoms with E-state index in [4.69, 9.17) is 10.6 Å². The van der Waals surface area contributed by atoms with Crippen molar-refractivity contribution in [3.8, 4) is 0 Å². The van der Waals surface area contributed by atoms with Crippen LogP contribution in [0.4, 0.5) is 0 Å². The second kappa shape index (κ2) is 5.52. The molecule has 108 valence electrons. The van der Waals surface area contributed by atoms with E-state index in [1.54, 1.807) is 0 Å². The molecule has 0 atom stereocenters. The molecule has 0 amide bonds. The number of hydrogen-bond acceptors (Lipinski definition) is 3. The van der Waals surface area contributed by atoms with Crippen LogP contribution >= 0.6 is 0 Å². The molecule has 0 saturated carbocycles. The van der Waals surface area contributed by atoms with E-state index in [0.29, 0.717) is 12.0 Å². The molecule has 20 heavy (non-hydrogen) atoms. The predicted molar refractivity (Wildman–Crippen MR) is 72.9 cm³/mol. The molecule has 0 aliphatic rings. The zero-order valence-electron chi connectivity index (χ0n) is 11.4. The van der Waals surface area contributed by atoms with Gasteiger partial charge in [0.05, 0.1) is 10.5 Å². The van der Waals surface area contributed by atoms with E-state index in [-0.39, 0.29) is 15.9 Å². The SMILES string of the molecule is CC(C)(C)Cc1ccc(C(=O)O)cc1S(=O)(=O)N=[N+]=[N-]. The normalized spacial score (nSPS) is 11.8. The van der Waals surface area contributed by atoms with Crippen molar-refractivity contribution in [2.24, 2.45) is 9.93 Å². The molecular weight excluding hydrogens is 282 g/mol. The lowest BCUT2D eigenvalue weighted by atomic mass is 9.88. The number of aromatic carboxylic acids is 1. The van der Waals surface area contributed by atoms with Crippen molar-refractivity contribution in [1.29, 1.82) is 0 Å². The minimum atomic E-state index is -4.22. The van der Waals surface area contributed by atoms with Crippen LogP contribution in [0.5, 0.6) is 0 Å². The second-order valence-electron chi connectivity index (χ2n) is 5.51. The zero-order chi connectivity index (χ0) is 15.6. The van der Waals surface area contributed by atoms with Gasteiger partial charge in [-0.3, -0.25) is 0 Å². The highest BCUT2D eigenvalue weighted by molar-refractivity contribution is 7.90. The van der Waals surface area contributed by atoms with Gasteiger partial charge >= 0.3 is 5.97 Å². The smallest absolute Gasteiger partial charge is 0.335 e. The third-order valence-electron chi connectivity index (χ3n) is 2.46. The van der Waals surface area contributed by atoms with E-state index in [1.165, 1.54) is 12.1 Å². The fraction of sp³-hybridized carbons (Fsp3) is 0.417. The summed E-state index contributed by atoms with van der Waals surface area (Å²) in [4.78, 5) is 13.0. The maximum absolute atomic E-state index is 11.9. The Hall–Kier alpha value is -2.05. The number of carboxylic acid groups (broad SMARTS) is 1. The molecule has 0 radical (unpaired) electrons. The largest absolute Gasteiger partial charge is 0.478 e. The van der Waals surface area contributed by atoms with Crippen molar-refractivity contribution in [3.63, 3.8) is 0 Å². The lowest BCUT2D eigenvalue weighted by Crippen LogP contribution is -2.13. The fourth-order valence-electron chi connectivity index (χ4n) is 1.74. The van der Waals surface area contributed by atoms with Crippen molar-refractivity contribution >= 4 is 16.0 Å². The summed E-state index contributed by atoms with van der Waals surface area (Å²) in [6.07, 6.45) is 0.405. The summed E-state index contributed by atoms with van der Waals surface area (Å²) in [5, 5.41) is 8.93. The molecular formula is C12H15N3O4S.